The summed E-state index contributed by atoms with van der Waals surface area (Å²) in [7, 11) is 0. The lowest BCUT2D eigenvalue weighted by Gasteiger charge is -2.48. The molecule has 2 aliphatic heterocycles. The molecule has 35 heavy (non-hydrogen) atoms. The normalized spacial score (nSPS) is 19.4. The van der Waals surface area contributed by atoms with E-state index in [4.69, 9.17) is 10.5 Å². The molecule has 1 aromatic heterocycles. The third kappa shape index (κ3) is 4.49. The Bertz CT molecular complexity index is 1240. The van der Waals surface area contributed by atoms with Crippen LogP contribution in [0.2, 0.25) is 0 Å². The van der Waals surface area contributed by atoms with Gasteiger partial charge in [-0.25, -0.2) is 4.79 Å². The number of aromatic nitrogens is 4. The minimum atomic E-state index is -0.635. The summed E-state index contributed by atoms with van der Waals surface area (Å²) in [6.07, 6.45) is 0.872. The topological polar surface area (TPSA) is 116 Å². The van der Waals surface area contributed by atoms with E-state index < -0.39 is 18.1 Å². The fourth-order valence-corrected chi connectivity index (χ4v) is 6.27. The van der Waals surface area contributed by atoms with Crippen molar-refractivity contribution in [1.29, 1.82) is 0 Å². The number of amides is 1. The number of esters is 1. The minimum absolute atomic E-state index is 0.252. The second-order valence-electron chi connectivity index (χ2n) is 7.87. The Hall–Kier alpha value is -3.41. The molecule has 5 rings (SSSR count). The van der Waals surface area contributed by atoms with E-state index in [1.165, 1.54) is 39.3 Å². The van der Waals surface area contributed by atoms with Crippen LogP contribution in [0.25, 0.3) is 6.20 Å². The lowest BCUT2D eigenvalue weighted by molar-refractivity contribution is -0.153. The van der Waals surface area contributed by atoms with E-state index in [1.807, 2.05) is 60.7 Å². The van der Waals surface area contributed by atoms with Gasteiger partial charge in [0.2, 0.25) is 11.1 Å². The van der Waals surface area contributed by atoms with Gasteiger partial charge in [0.1, 0.15) is 17.1 Å². The highest BCUT2D eigenvalue weighted by Gasteiger charge is 2.52. The molecule has 0 saturated carbocycles. The summed E-state index contributed by atoms with van der Waals surface area (Å²) < 4.78 is 7.55. The molecule has 1 fully saturated rings. The summed E-state index contributed by atoms with van der Waals surface area (Å²) in [6, 6.07) is 18.4. The molecule has 0 radical (unpaired) electrons. The summed E-state index contributed by atoms with van der Waals surface area (Å²) in [5.41, 5.74) is 8.71. The zero-order chi connectivity index (χ0) is 24.4. The molecule has 1 amide bonds. The molecule has 9 nitrogen and oxygen atoms in total. The number of thioether (sulfide) groups is 2. The molecule has 0 bridgehead atoms. The first-order valence-electron chi connectivity index (χ1n) is 10.8. The van der Waals surface area contributed by atoms with Crippen LogP contribution >= 0.6 is 23.5 Å². The van der Waals surface area contributed by atoms with Gasteiger partial charge in [0.15, 0.2) is 6.10 Å². The number of ether oxygens (including phenoxy) is 1. The van der Waals surface area contributed by atoms with Gasteiger partial charge in [-0.3, -0.25) is 9.69 Å². The van der Waals surface area contributed by atoms with Gasteiger partial charge in [-0.1, -0.05) is 79.0 Å². The number of tetrazole rings is 1. The summed E-state index contributed by atoms with van der Waals surface area (Å²) in [4.78, 5) is 27.9. The van der Waals surface area contributed by atoms with E-state index in [1.54, 1.807) is 0 Å². The number of fused-ring (bicyclic) bond motifs is 1. The van der Waals surface area contributed by atoms with Crippen LogP contribution in [-0.2, 0) is 14.3 Å². The zero-order valence-corrected chi connectivity index (χ0v) is 20.2. The fraction of sp³-hybridized carbons (Fsp3) is 0.208. The van der Waals surface area contributed by atoms with Crippen molar-refractivity contribution in [3.8, 4) is 0 Å². The summed E-state index contributed by atoms with van der Waals surface area (Å²) >= 11 is 2.89. The van der Waals surface area contributed by atoms with Crippen molar-refractivity contribution < 1.29 is 14.3 Å². The van der Waals surface area contributed by atoms with Crippen molar-refractivity contribution in [3.05, 3.63) is 89.6 Å². The number of carbonyl (C=O) groups is 2. The fourth-order valence-electron chi connectivity index (χ4n) is 3.97. The highest BCUT2D eigenvalue weighted by Crippen LogP contribution is 2.42. The standard InChI is InChI=1S/C24H22N6O3S2/c1-2-29-24(26-27-28-29)35-14-17-13-34-22-18(25)21(31)30(22)19(17)23(32)33-20(15-9-5-3-6-10-15)16-11-7-4-8-12-16/h2-12,18,20,22H,1,13-14,25H2/t18?,22-/m0/s1. The van der Waals surface area contributed by atoms with Crippen LogP contribution in [0.15, 0.2) is 83.7 Å². The summed E-state index contributed by atoms with van der Waals surface area (Å²) in [5.74, 6) is 0.0886. The average molecular weight is 507 g/mol. The van der Waals surface area contributed by atoms with E-state index in [9.17, 15) is 9.59 Å². The third-order valence-electron chi connectivity index (χ3n) is 5.72. The summed E-state index contributed by atoms with van der Waals surface area (Å²) in [6.45, 7) is 3.69. The minimum Gasteiger partial charge on any atom is -0.448 e. The van der Waals surface area contributed by atoms with E-state index in [0.717, 1.165) is 16.7 Å². The molecular weight excluding hydrogens is 484 g/mol. The summed E-state index contributed by atoms with van der Waals surface area (Å²) in [5, 5.41) is 11.7. The Kier molecular flexibility index (Phi) is 6.71. The van der Waals surface area contributed by atoms with Crippen molar-refractivity contribution in [2.45, 2.75) is 22.7 Å². The molecule has 178 valence electrons. The number of rotatable bonds is 8. The number of hydrogen-bond acceptors (Lipinski definition) is 9. The molecule has 0 spiro atoms. The first-order chi connectivity index (χ1) is 17.1. The van der Waals surface area contributed by atoms with Gasteiger partial charge in [0.05, 0.1) is 0 Å². The van der Waals surface area contributed by atoms with Crippen LogP contribution in [0, 0.1) is 0 Å². The lowest BCUT2D eigenvalue weighted by atomic mass is 10.0. The SMILES string of the molecule is C=Cn1nnnc1SCC1=C(C(=O)OC(c2ccccc2)c2ccccc2)N2C(=O)C(N)[C@@H]2SC1. The molecular formula is C24H22N6O3S2. The average Bonchev–Trinajstić information content (AvgIpc) is 3.38. The van der Waals surface area contributed by atoms with Crippen molar-refractivity contribution in [2.75, 3.05) is 11.5 Å². The van der Waals surface area contributed by atoms with Crippen molar-refractivity contribution in [1.82, 2.24) is 25.1 Å². The van der Waals surface area contributed by atoms with Crippen molar-refractivity contribution in [3.63, 3.8) is 0 Å². The molecule has 3 aromatic rings. The molecule has 2 aromatic carbocycles. The molecule has 1 saturated heterocycles. The van der Waals surface area contributed by atoms with Crippen LogP contribution in [0.4, 0.5) is 0 Å². The van der Waals surface area contributed by atoms with E-state index in [-0.39, 0.29) is 17.0 Å². The number of nitrogens with two attached hydrogens (primary N) is 1. The van der Waals surface area contributed by atoms with E-state index >= 15 is 0 Å². The number of β-lactam (4-membered cyclic amide) rings is 1. The van der Waals surface area contributed by atoms with Gasteiger partial charge in [0.25, 0.3) is 0 Å². The maximum atomic E-state index is 13.7. The van der Waals surface area contributed by atoms with Gasteiger partial charge >= 0.3 is 5.97 Å². The molecule has 3 heterocycles. The van der Waals surface area contributed by atoms with Crippen LogP contribution < -0.4 is 5.73 Å². The van der Waals surface area contributed by atoms with Gasteiger partial charge in [-0.15, -0.1) is 16.9 Å². The second-order valence-corrected chi connectivity index (χ2v) is 9.92. The Morgan fingerprint density at radius 3 is 2.49 bits per heavy atom. The van der Waals surface area contributed by atoms with Crippen LogP contribution in [0.3, 0.4) is 0 Å². The predicted octanol–water partition coefficient (Wildman–Crippen LogP) is 2.70. The Balaban J connectivity index is 1.47. The monoisotopic (exact) mass is 506 g/mol. The quantitative estimate of drug-likeness (QED) is 0.280. The maximum absolute atomic E-state index is 13.7. The number of carbonyl (C=O) groups excluding carboxylic acids is 2. The molecule has 1 unspecified atom stereocenters. The molecule has 0 aliphatic carbocycles. The van der Waals surface area contributed by atoms with Gasteiger partial charge in [0, 0.05) is 17.7 Å². The molecule has 2 N–H and O–H groups in total. The van der Waals surface area contributed by atoms with Crippen LogP contribution in [0.5, 0.6) is 0 Å². The van der Waals surface area contributed by atoms with E-state index in [0.29, 0.717) is 16.7 Å². The predicted molar refractivity (Wildman–Crippen MR) is 134 cm³/mol. The highest BCUT2D eigenvalue weighted by molar-refractivity contribution is 8.01. The van der Waals surface area contributed by atoms with Crippen LogP contribution in [0.1, 0.15) is 17.2 Å². The van der Waals surface area contributed by atoms with Gasteiger partial charge in [-0.05, 0) is 27.1 Å². The molecule has 11 heteroatoms. The first kappa shape index (κ1) is 23.3. The third-order valence-corrected chi connectivity index (χ3v) is 8.10. The second kappa shape index (κ2) is 10.1. The largest absolute Gasteiger partial charge is 0.448 e. The Morgan fingerprint density at radius 2 is 1.86 bits per heavy atom. The smallest absolute Gasteiger partial charge is 0.356 e. The van der Waals surface area contributed by atoms with Crippen molar-refractivity contribution >= 4 is 41.6 Å². The van der Waals surface area contributed by atoms with E-state index in [2.05, 4.69) is 22.1 Å². The molecule has 2 aliphatic rings. The highest BCUT2D eigenvalue weighted by atomic mass is 32.2. The Labute approximate surface area is 210 Å². The number of hydrogen-bond donors (Lipinski definition) is 1. The van der Waals surface area contributed by atoms with Gasteiger partial charge < -0.3 is 10.5 Å². The molecule has 2 atom stereocenters. The van der Waals surface area contributed by atoms with Crippen LogP contribution in [-0.4, -0.2) is 59.9 Å². The zero-order valence-electron chi connectivity index (χ0n) is 18.6. The lowest BCUT2D eigenvalue weighted by Crippen LogP contribution is -2.68. The maximum Gasteiger partial charge on any atom is 0.356 e. The number of nitrogens with zero attached hydrogens (tertiary/aromatic N) is 5. The van der Waals surface area contributed by atoms with Gasteiger partial charge in [-0.2, -0.15) is 4.68 Å². The Morgan fingerprint density at radius 1 is 1.20 bits per heavy atom. The first-order valence-corrected chi connectivity index (χ1v) is 12.9. The number of benzene rings is 2. The van der Waals surface area contributed by atoms with Crippen molar-refractivity contribution in [2.24, 2.45) is 5.73 Å².